The average molecular weight is 502 g/mol. The van der Waals surface area contributed by atoms with Crippen molar-refractivity contribution in [2.75, 3.05) is 13.2 Å². The number of aliphatic hydroxyl groups excluding tert-OH is 6. The van der Waals surface area contributed by atoms with E-state index in [1.165, 1.54) is 0 Å². The summed E-state index contributed by atoms with van der Waals surface area (Å²) in [5.41, 5.74) is 0. The molecule has 0 aromatic heterocycles. The van der Waals surface area contributed by atoms with Crippen LogP contribution in [0.2, 0.25) is 0 Å². The molecule has 8 N–H and O–H groups in total. The molecular formula is C12H22O17S2. The maximum absolute atomic E-state index is 10.7. The maximum Gasteiger partial charge on any atom is 0.397 e. The Kier molecular flexibility index (Phi) is 8.68. The second-order valence-corrected chi connectivity index (χ2v) is 8.77. The predicted octanol–water partition coefficient (Wildman–Crippen LogP) is -5.74. The van der Waals surface area contributed by atoms with Crippen molar-refractivity contribution < 1.29 is 79.2 Å². The fourth-order valence-electron chi connectivity index (χ4n) is 2.84. The highest BCUT2D eigenvalue weighted by Gasteiger charge is 2.50. The summed E-state index contributed by atoms with van der Waals surface area (Å²) >= 11 is 0. The quantitative estimate of drug-likeness (QED) is 0.143. The summed E-state index contributed by atoms with van der Waals surface area (Å²) in [5, 5.41) is 59.8. The van der Waals surface area contributed by atoms with Crippen molar-refractivity contribution >= 4 is 20.8 Å². The van der Waals surface area contributed by atoms with Crippen molar-refractivity contribution in [2.45, 2.75) is 61.4 Å². The SMILES string of the molecule is O=S(=O)(O)OC[C@H]1O[C@@H](O[C@@H]2[C@@H](O)[C@H](O)O[C@H](COS(=O)(=O)O)[C@H]2O)[C@H](O)[C@@H](O)[C@@H]1O. The molecular weight excluding hydrogens is 480 g/mol. The van der Waals surface area contributed by atoms with Crippen LogP contribution in [0.25, 0.3) is 0 Å². The minimum absolute atomic E-state index is 1.02. The first-order chi connectivity index (χ1) is 14.1. The molecule has 0 spiro atoms. The molecule has 0 aromatic rings. The van der Waals surface area contributed by atoms with Crippen LogP contribution in [0.1, 0.15) is 0 Å². The monoisotopic (exact) mass is 502 g/mol. The average Bonchev–Trinajstić information content (AvgIpc) is 2.64. The van der Waals surface area contributed by atoms with E-state index in [0.717, 1.165) is 0 Å². The van der Waals surface area contributed by atoms with Crippen LogP contribution in [0.5, 0.6) is 0 Å². The third-order valence-corrected chi connectivity index (χ3v) is 5.25. The van der Waals surface area contributed by atoms with E-state index in [9.17, 15) is 47.5 Å². The number of rotatable bonds is 8. The molecule has 184 valence electrons. The summed E-state index contributed by atoms with van der Waals surface area (Å²) in [4.78, 5) is 0. The highest BCUT2D eigenvalue weighted by Crippen LogP contribution is 2.29. The summed E-state index contributed by atoms with van der Waals surface area (Å²) in [6.45, 7) is -2.06. The van der Waals surface area contributed by atoms with Crippen LogP contribution in [-0.4, -0.2) is 131 Å². The third-order valence-electron chi connectivity index (χ3n) is 4.38. The van der Waals surface area contributed by atoms with Gasteiger partial charge in [-0.1, -0.05) is 0 Å². The van der Waals surface area contributed by atoms with Gasteiger partial charge >= 0.3 is 20.8 Å². The molecule has 31 heavy (non-hydrogen) atoms. The number of hydrogen-bond acceptors (Lipinski definition) is 15. The Morgan fingerprint density at radius 3 is 1.61 bits per heavy atom. The van der Waals surface area contributed by atoms with E-state index < -0.39 is 95.4 Å². The predicted molar refractivity (Wildman–Crippen MR) is 89.4 cm³/mol. The zero-order valence-electron chi connectivity index (χ0n) is 15.3. The molecule has 2 saturated heterocycles. The molecule has 0 unspecified atom stereocenters. The Bertz CT molecular complexity index is 800. The molecule has 17 nitrogen and oxygen atoms in total. The van der Waals surface area contributed by atoms with Crippen molar-refractivity contribution in [3.05, 3.63) is 0 Å². The summed E-state index contributed by atoms with van der Waals surface area (Å²) in [7, 11) is -9.92. The van der Waals surface area contributed by atoms with E-state index in [0.29, 0.717) is 0 Å². The maximum atomic E-state index is 10.7. The Morgan fingerprint density at radius 1 is 0.645 bits per heavy atom. The first-order valence-corrected chi connectivity index (χ1v) is 11.1. The lowest BCUT2D eigenvalue weighted by atomic mass is 9.97. The molecule has 10 atom stereocenters. The van der Waals surface area contributed by atoms with Gasteiger partial charge in [-0.05, 0) is 0 Å². The van der Waals surface area contributed by atoms with Gasteiger partial charge in [0.05, 0.1) is 13.2 Å². The number of hydrogen-bond donors (Lipinski definition) is 8. The molecule has 0 radical (unpaired) electrons. The number of aliphatic hydroxyl groups is 6. The summed E-state index contributed by atoms with van der Waals surface area (Å²) in [5.74, 6) is 0. The molecule has 0 amide bonds. The highest BCUT2D eigenvalue weighted by atomic mass is 32.3. The molecule has 0 saturated carbocycles. The topological polar surface area (TPSA) is 276 Å². The zero-order valence-corrected chi connectivity index (χ0v) is 16.9. The van der Waals surface area contributed by atoms with Crippen molar-refractivity contribution in [3.8, 4) is 0 Å². The summed E-state index contributed by atoms with van der Waals surface area (Å²) in [6.07, 6.45) is -19.2. The largest absolute Gasteiger partial charge is 0.397 e. The van der Waals surface area contributed by atoms with Gasteiger partial charge in [0.25, 0.3) is 0 Å². The van der Waals surface area contributed by atoms with Gasteiger partial charge in [0.15, 0.2) is 12.6 Å². The van der Waals surface area contributed by atoms with E-state index in [4.69, 9.17) is 23.3 Å². The van der Waals surface area contributed by atoms with Gasteiger partial charge < -0.3 is 44.8 Å². The van der Waals surface area contributed by atoms with Crippen molar-refractivity contribution in [1.82, 2.24) is 0 Å². The first kappa shape index (κ1) is 26.6. The van der Waals surface area contributed by atoms with Crippen molar-refractivity contribution in [1.29, 1.82) is 0 Å². The van der Waals surface area contributed by atoms with Crippen LogP contribution < -0.4 is 0 Å². The van der Waals surface area contributed by atoms with E-state index >= 15 is 0 Å². The van der Waals surface area contributed by atoms with E-state index in [1.54, 1.807) is 0 Å². The molecule has 2 aliphatic rings. The van der Waals surface area contributed by atoms with Crippen LogP contribution in [0.15, 0.2) is 0 Å². The van der Waals surface area contributed by atoms with Gasteiger partial charge in [-0.15, -0.1) is 0 Å². The van der Waals surface area contributed by atoms with Crippen LogP contribution in [0, 0.1) is 0 Å². The Hall–Kier alpha value is -0.620. The second-order valence-electron chi connectivity index (χ2n) is 6.59. The first-order valence-electron chi connectivity index (χ1n) is 8.39. The second kappa shape index (κ2) is 10.1. The lowest BCUT2D eigenvalue weighted by Crippen LogP contribution is -2.64. The Labute approximate surface area is 175 Å². The molecule has 0 aliphatic carbocycles. The molecule has 2 fully saturated rings. The Morgan fingerprint density at radius 2 is 1.13 bits per heavy atom. The molecule has 0 aromatic carbocycles. The zero-order chi connectivity index (χ0) is 23.7. The normalized spacial score (nSPS) is 42.5. The van der Waals surface area contributed by atoms with Crippen LogP contribution in [0.3, 0.4) is 0 Å². The van der Waals surface area contributed by atoms with Crippen LogP contribution in [-0.2, 0) is 43.4 Å². The Balaban J connectivity index is 2.14. The van der Waals surface area contributed by atoms with E-state index in [-0.39, 0.29) is 0 Å². The van der Waals surface area contributed by atoms with Gasteiger partial charge in [-0.3, -0.25) is 9.11 Å². The van der Waals surface area contributed by atoms with Crippen LogP contribution >= 0.6 is 0 Å². The fraction of sp³-hybridized carbons (Fsp3) is 1.00. The standard InChI is InChI=1S/C12H22O17S2/c13-5-3(1-25-30(19,20)21)28-12(8(16)7(5)15)29-10-6(14)4(2-26-31(22,23)24)27-11(18)9(10)17/h3-18H,1-2H2,(H,19,20,21)(H,22,23,24)/t3-,4-,5-,6-,7+,8-,9-,10+,11-,12+/m1/s1. The van der Waals surface area contributed by atoms with Crippen molar-refractivity contribution in [2.24, 2.45) is 0 Å². The molecule has 2 aliphatic heterocycles. The lowest BCUT2D eigenvalue weighted by Gasteiger charge is -2.45. The van der Waals surface area contributed by atoms with Crippen LogP contribution in [0.4, 0.5) is 0 Å². The van der Waals surface area contributed by atoms with E-state index in [2.05, 4.69) is 8.37 Å². The highest BCUT2D eigenvalue weighted by molar-refractivity contribution is 7.81. The van der Waals surface area contributed by atoms with Gasteiger partial charge in [0.2, 0.25) is 0 Å². The van der Waals surface area contributed by atoms with E-state index in [1.807, 2.05) is 0 Å². The molecule has 2 heterocycles. The number of ether oxygens (including phenoxy) is 3. The fourth-order valence-corrected chi connectivity index (χ4v) is 3.45. The smallest absolute Gasteiger partial charge is 0.387 e. The molecule has 0 bridgehead atoms. The molecule has 2 rings (SSSR count). The minimum Gasteiger partial charge on any atom is -0.387 e. The van der Waals surface area contributed by atoms with Gasteiger partial charge in [0.1, 0.15) is 48.8 Å². The molecule has 19 heteroatoms. The lowest BCUT2D eigenvalue weighted by molar-refractivity contribution is -0.354. The van der Waals surface area contributed by atoms with Gasteiger partial charge in [-0.25, -0.2) is 8.37 Å². The summed E-state index contributed by atoms with van der Waals surface area (Å²) in [6, 6.07) is 0. The minimum atomic E-state index is -4.96. The van der Waals surface area contributed by atoms with Gasteiger partial charge in [0, 0.05) is 0 Å². The van der Waals surface area contributed by atoms with Gasteiger partial charge in [-0.2, -0.15) is 16.8 Å². The third kappa shape index (κ3) is 7.18. The van der Waals surface area contributed by atoms with Crippen molar-refractivity contribution in [3.63, 3.8) is 0 Å². The summed E-state index contributed by atoms with van der Waals surface area (Å²) < 4.78 is 83.0.